The van der Waals surface area contributed by atoms with Gasteiger partial charge < -0.3 is 31.2 Å². The number of aromatic nitrogens is 1. The first-order chi connectivity index (χ1) is 14.0. The summed E-state index contributed by atoms with van der Waals surface area (Å²) in [4.78, 5) is 4.37. The van der Waals surface area contributed by atoms with Crippen LogP contribution in [0.25, 0.3) is 22.7 Å². The van der Waals surface area contributed by atoms with Crippen molar-refractivity contribution in [2.24, 2.45) is 5.92 Å². The molecule has 1 aromatic carbocycles. The minimum atomic E-state index is 0. The molecule has 1 aliphatic rings. The van der Waals surface area contributed by atoms with E-state index in [1.54, 1.807) is 12.3 Å². The molecule has 2 aromatic rings. The molecular formula is C27H46ClN2O2Pt-3. The molecule has 4 N–H and O–H groups in total. The van der Waals surface area contributed by atoms with E-state index in [-0.39, 0.29) is 47.4 Å². The van der Waals surface area contributed by atoms with Crippen molar-refractivity contribution in [1.29, 1.82) is 0 Å². The Morgan fingerprint density at radius 1 is 1.21 bits per heavy atom. The maximum atomic E-state index is 7.48. The standard InChI is InChI=1S/C14H12ClN.C7H14N.C3H8.CH4O.2CH3.H2O.Pt/c1-3-4-7-12-10(2)14-11(9-13(12)15)6-5-8-16-14;1-6-4-2-3-5-7(6)8;1-3-2;1-2;;;;/h3-9H,1H2,2H3;6-8H,2-5H2,1H3;3H2,1-2H3;2H,1H3;2*1H3;1H2;/q;-1;;;2*-1;;/b7-4-;;;;;;;/t;6-,7-;;;;;;/m.0....../s1. The minimum Gasteiger partial charge on any atom is -0.674 e. The second-order valence-corrected chi connectivity index (χ2v) is 7.55. The fourth-order valence-corrected chi connectivity index (χ4v) is 3.38. The number of nitrogens with zero attached hydrogens (tertiary/aromatic N) is 1. The van der Waals surface area contributed by atoms with Gasteiger partial charge in [-0.3, -0.25) is 4.98 Å². The number of hydrogen-bond donors (Lipinski definition) is 1. The summed E-state index contributed by atoms with van der Waals surface area (Å²) in [5.74, 6) is 0.670. The van der Waals surface area contributed by atoms with Crippen LogP contribution in [-0.2, 0) is 21.1 Å². The average Bonchev–Trinajstić information content (AvgIpc) is 2.73. The molecule has 0 radical (unpaired) electrons. The van der Waals surface area contributed by atoms with Crippen LogP contribution in [0, 0.1) is 27.7 Å². The van der Waals surface area contributed by atoms with Gasteiger partial charge in [0.05, 0.1) is 5.52 Å². The molecule has 0 spiro atoms. The van der Waals surface area contributed by atoms with E-state index < -0.39 is 0 Å². The molecule has 4 nitrogen and oxygen atoms in total. The summed E-state index contributed by atoms with van der Waals surface area (Å²) in [5, 5.41) is 8.82. The third-order valence-electron chi connectivity index (χ3n) is 4.65. The van der Waals surface area contributed by atoms with Crippen molar-refractivity contribution in [3.8, 4) is 0 Å². The van der Waals surface area contributed by atoms with E-state index >= 15 is 0 Å². The SMILES string of the molecule is C=C/C=C\c1c(Cl)cc2cccnc2c1C.CCC.CO.C[C@H]1CCCC[C@@H]1[NH-].O.[CH3-].[CH3-].[Pt]. The molecule has 0 amide bonds. The number of rotatable bonds is 2. The summed E-state index contributed by atoms with van der Waals surface area (Å²) < 4.78 is 0. The zero-order valence-electron chi connectivity index (χ0n) is 21.5. The number of aliphatic hydroxyl groups is 1. The van der Waals surface area contributed by atoms with Crippen LogP contribution in [0.2, 0.25) is 5.02 Å². The van der Waals surface area contributed by atoms with Gasteiger partial charge in [0.1, 0.15) is 0 Å². The first-order valence-electron chi connectivity index (χ1n) is 10.4. The van der Waals surface area contributed by atoms with E-state index in [2.05, 4.69) is 32.3 Å². The number of nitrogens with one attached hydrogen (secondary N) is 1. The van der Waals surface area contributed by atoms with E-state index in [0.29, 0.717) is 5.92 Å². The molecule has 2 atom stereocenters. The number of halogens is 1. The summed E-state index contributed by atoms with van der Waals surface area (Å²) >= 11 is 6.23. The Kier molecular flexibility index (Phi) is 32.7. The van der Waals surface area contributed by atoms with Gasteiger partial charge in [0, 0.05) is 44.8 Å². The molecule has 0 saturated heterocycles. The Bertz CT molecular complexity index is 744. The summed E-state index contributed by atoms with van der Waals surface area (Å²) in [7, 11) is 1.00. The molecule has 0 bridgehead atoms. The summed E-state index contributed by atoms with van der Waals surface area (Å²) in [6.45, 7) is 12.1. The second-order valence-electron chi connectivity index (χ2n) is 7.14. The molecule has 196 valence electrons. The van der Waals surface area contributed by atoms with E-state index in [9.17, 15) is 0 Å². The fraction of sp³-hybridized carbons (Fsp3) is 0.444. The maximum Gasteiger partial charge on any atom is 0.0738 e. The zero-order valence-corrected chi connectivity index (χ0v) is 24.6. The third kappa shape index (κ3) is 15.5. The first-order valence-corrected chi connectivity index (χ1v) is 10.8. The Balaban J connectivity index is -0.000000132. The van der Waals surface area contributed by atoms with Crippen molar-refractivity contribution in [3.63, 3.8) is 0 Å². The van der Waals surface area contributed by atoms with Gasteiger partial charge in [-0.2, -0.15) is 0 Å². The van der Waals surface area contributed by atoms with Gasteiger partial charge in [-0.15, -0.1) is 6.04 Å². The van der Waals surface area contributed by atoms with Gasteiger partial charge in [0.15, 0.2) is 0 Å². The number of allylic oxidation sites excluding steroid dienone is 2. The maximum absolute atomic E-state index is 7.48. The van der Waals surface area contributed by atoms with Crippen LogP contribution >= 0.6 is 11.6 Å². The van der Waals surface area contributed by atoms with Gasteiger partial charge in [-0.05, 0) is 30.2 Å². The molecule has 1 aromatic heterocycles. The normalized spacial score (nSPS) is 15.8. The summed E-state index contributed by atoms with van der Waals surface area (Å²) in [6, 6.07) is 6.13. The van der Waals surface area contributed by atoms with Crippen molar-refractivity contribution in [3.05, 3.63) is 79.9 Å². The predicted octanol–water partition coefficient (Wildman–Crippen LogP) is 8.11. The van der Waals surface area contributed by atoms with Gasteiger partial charge >= 0.3 is 0 Å². The topological polar surface area (TPSA) is 88.4 Å². The number of hydrogen-bond acceptors (Lipinski definition) is 2. The van der Waals surface area contributed by atoms with Gasteiger partial charge in [-0.25, -0.2) is 0 Å². The zero-order chi connectivity index (χ0) is 22.2. The molecule has 0 unspecified atom stereocenters. The van der Waals surface area contributed by atoms with Crippen LogP contribution in [0.15, 0.2) is 43.1 Å². The monoisotopic (exact) mass is 660 g/mol. The minimum absolute atomic E-state index is 0. The number of aryl methyl sites for hydroxylation is 1. The first kappa shape index (κ1) is 42.2. The second kappa shape index (κ2) is 25.6. The van der Waals surface area contributed by atoms with Crippen LogP contribution in [0.5, 0.6) is 0 Å². The smallest absolute Gasteiger partial charge is 0.0738 e. The van der Waals surface area contributed by atoms with Crippen molar-refractivity contribution in [2.45, 2.75) is 65.8 Å². The van der Waals surface area contributed by atoms with Crippen LogP contribution in [0.4, 0.5) is 0 Å². The number of fused-ring (bicyclic) bond motifs is 1. The van der Waals surface area contributed by atoms with E-state index in [1.165, 1.54) is 25.7 Å². The van der Waals surface area contributed by atoms with Gasteiger partial charge in [0.2, 0.25) is 0 Å². The summed E-state index contributed by atoms with van der Waals surface area (Å²) in [5.41, 5.74) is 10.6. The summed E-state index contributed by atoms with van der Waals surface area (Å²) in [6.07, 6.45) is 13.7. The van der Waals surface area contributed by atoms with Crippen LogP contribution in [-0.4, -0.2) is 28.7 Å². The Morgan fingerprint density at radius 3 is 2.21 bits per heavy atom. The molecule has 0 aliphatic heterocycles. The molecule has 3 rings (SSSR count). The Morgan fingerprint density at radius 2 is 1.76 bits per heavy atom. The van der Waals surface area contributed by atoms with E-state index in [0.717, 1.165) is 40.6 Å². The average molecular weight is 661 g/mol. The molecule has 33 heavy (non-hydrogen) atoms. The fourth-order valence-electron chi connectivity index (χ4n) is 3.05. The molecular weight excluding hydrogens is 615 g/mol. The van der Waals surface area contributed by atoms with Crippen LogP contribution in [0.1, 0.15) is 64.0 Å². The van der Waals surface area contributed by atoms with Crippen molar-refractivity contribution < 1.29 is 31.6 Å². The largest absolute Gasteiger partial charge is 0.674 e. The number of pyridine rings is 1. The van der Waals surface area contributed by atoms with E-state index in [4.69, 9.17) is 22.4 Å². The van der Waals surface area contributed by atoms with Crippen LogP contribution in [0.3, 0.4) is 0 Å². The Hall–Kier alpha value is -1.03. The number of benzene rings is 1. The van der Waals surface area contributed by atoms with Crippen molar-refractivity contribution in [1.82, 2.24) is 4.98 Å². The third-order valence-corrected chi connectivity index (χ3v) is 4.96. The number of aliphatic hydroxyl groups excluding tert-OH is 1. The molecule has 6 heteroatoms. The van der Waals surface area contributed by atoms with E-state index in [1.807, 2.05) is 37.3 Å². The molecule has 1 saturated carbocycles. The van der Waals surface area contributed by atoms with Crippen molar-refractivity contribution >= 4 is 28.6 Å². The quantitative estimate of drug-likeness (QED) is 0.261. The molecule has 1 fully saturated rings. The molecule has 1 heterocycles. The van der Waals surface area contributed by atoms with Gasteiger partial charge in [0.25, 0.3) is 0 Å². The molecule has 1 aliphatic carbocycles. The van der Waals surface area contributed by atoms with Gasteiger partial charge in [-0.1, -0.05) is 101 Å². The predicted molar refractivity (Wildman–Crippen MR) is 147 cm³/mol. The van der Waals surface area contributed by atoms with Crippen molar-refractivity contribution in [2.75, 3.05) is 7.11 Å². The van der Waals surface area contributed by atoms with Crippen LogP contribution < -0.4 is 0 Å². The Labute approximate surface area is 223 Å².